The molecule has 2 saturated heterocycles. The summed E-state index contributed by atoms with van der Waals surface area (Å²) in [6, 6.07) is 7.81. The summed E-state index contributed by atoms with van der Waals surface area (Å²) in [5.41, 5.74) is 2.16. The molecule has 3 rings (SSSR count). The molecule has 2 aliphatic heterocycles. The van der Waals surface area contributed by atoms with Crippen LogP contribution in [0.5, 0.6) is 0 Å². The number of carbonyl (C=O) groups excluding carboxylic acids is 3. The number of carbonyl (C=O) groups is 3. The van der Waals surface area contributed by atoms with Crippen LogP contribution in [0, 0.1) is 12.8 Å². The molecule has 0 radical (unpaired) electrons. The molecule has 2 fully saturated rings. The average molecular weight is 371 g/mol. The van der Waals surface area contributed by atoms with Crippen LogP contribution in [0.15, 0.2) is 24.3 Å². The first kappa shape index (κ1) is 19.4. The minimum atomic E-state index is -0.359. The second kappa shape index (κ2) is 8.11. The highest BCUT2D eigenvalue weighted by Crippen LogP contribution is 2.40. The van der Waals surface area contributed by atoms with E-state index in [4.69, 9.17) is 0 Å². The minimum Gasteiger partial charge on any atom is -0.341 e. The van der Waals surface area contributed by atoms with E-state index in [-0.39, 0.29) is 36.1 Å². The number of hydrogen-bond acceptors (Lipinski definition) is 3. The highest BCUT2D eigenvalue weighted by Gasteiger charge is 2.45. The number of rotatable bonds is 3. The lowest BCUT2D eigenvalue weighted by molar-refractivity contribution is -0.137. The maximum Gasteiger partial charge on any atom is 0.228 e. The minimum absolute atomic E-state index is 0.0398. The number of hydrogen-bond donors (Lipinski definition) is 0. The van der Waals surface area contributed by atoms with Crippen molar-refractivity contribution in [3.8, 4) is 0 Å². The molecule has 0 aromatic heterocycles. The zero-order valence-corrected chi connectivity index (χ0v) is 16.5. The molecule has 0 bridgehead atoms. The zero-order chi connectivity index (χ0) is 19.6. The van der Waals surface area contributed by atoms with E-state index < -0.39 is 0 Å². The molecule has 2 aliphatic rings. The molecule has 1 aromatic rings. The van der Waals surface area contributed by atoms with Gasteiger partial charge in [0.1, 0.15) is 0 Å². The smallest absolute Gasteiger partial charge is 0.228 e. The summed E-state index contributed by atoms with van der Waals surface area (Å²) < 4.78 is 0. The maximum atomic E-state index is 13.4. The number of nitrogens with zero attached hydrogens (tertiary/aromatic N) is 3. The summed E-state index contributed by atoms with van der Waals surface area (Å²) in [6.45, 7) is 8.59. The summed E-state index contributed by atoms with van der Waals surface area (Å²) in [4.78, 5) is 43.1. The van der Waals surface area contributed by atoms with Gasteiger partial charge >= 0.3 is 0 Å². The zero-order valence-electron chi connectivity index (χ0n) is 16.5. The van der Waals surface area contributed by atoms with Gasteiger partial charge in [0, 0.05) is 46.1 Å². The quantitative estimate of drug-likeness (QED) is 0.816. The van der Waals surface area contributed by atoms with Gasteiger partial charge in [0.05, 0.1) is 12.0 Å². The molecule has 2 atom stereocenters. The molecular formula is C21H29N3O3. The van der Waals surface area contributed by atoms with Crippen molar-refractivity contribution in [3.63, 3.8) is 0 Å². The lowest BCUT2D eigenvalue weighted by Crippen LogP contribution is -2.41. The van der Waals surface area contributed by atoms with E-state index in [0.29, 0.717) is 32.7 Å². The average Bonchev–Trinajstić information content (AvgIpc) is 2.82. The fraction of sp³-hybridized carbons (Fsp3) is 0.571. The van der Waals surface area contributed by atoms with E-state index in [9.17, 15) is 14.4 Å². The molecule has 0 spiro atoms. The van der Waals surface area contributed by atoms with Crippen LogP contribution in [-0.4, -0.2) is 65.1 Å². The first-order valence-corrected chi connectivity index (χ1v) is 9.83. The number of benzene rings is 1. The van der Waals surface area contributed by atoms with Gasteiger partial charge in [-0.1, -0.05) is 24.3 Å². The van der Waals surface area contributed by atoms with Crippen molar-refractivity contribution in [2.45, 2.75) is 39.7 Å². The molecule has 3 amide bonds. The predicted octanol–water partition coefficient (Wildman–Crippen LogP) is 1.99. The van der Waals surface area contributed by atoms with Crippen molar-refractivity contribution in [2.75, 3.05) is 32.7 Å². The van der Waals surface area contributed by atoms with Gasteiger partial charge in [-0.25, -0.2) is 0 Å². The van der Waals surface area contributed by atoms with Crippen molar-refractivity contribution in [1.82, 2.24) is 14.7 Å². The van der Waals surface area contributed by atoms with Crippen molar-refractivity contribution >= 4 is 17.7 Å². The Kier molecular flexibility index (Phi) is 5.82. The van der Waals surface area contributed by atoms with Gasteiger partial charge in [-0.2, -0.15) is 0 Å². The third-order valence-electron chi connectivity index (χ3n) is 5.85. The molecule has 27 heavy (non-hydrogen) atoms. The van der Waals surface area contributed by atoms with Crippen LogP contribution in [0.1, 0.15) is 43.9 Å². The van der Waals surface area contributed by atoms with E-state index >= 15 is 0 Å². The topological polar surface area (TPSA) is 60.9 Å². The van der Waals surface area contributed by atoms with Crippen molar-refractivity contribution < 1.29 is 14.4 Å². The van der Waals surface area contributed by atoms with Gasteiger partial charge in [-0.3, -0.25) is 14.4 Å². The van der Waals surface area contributed by atoms with Gasteiger partial charge in [-0.05, 0) is 31.4 Å². The Balaban J connectivity index is 1.85. The van der Waals surface area contributed by atoms with Gasteiger partial charge in [0.15, 0.2) is 0 Å². The summed E-state index contributed by atoms with van der Waals surface area (Å²) in [6.07, 6.45) is 1.04. The van der Waals surface area contributed by atoms with Crippen LogP contribution < -0.4 is 0 Å². The number of aryl methyl sites for hydroxylation is 1. The van der Waals surface area contributed by atoms with Gasteiger partial charge in [0.2, 0.25) is 17.7 Å². The highest BCUT2D eigenvalue weighted by molar-refractivity contribution is 5.90. The van der Waals surface area contributed by atoms with Crippen LogP contribution in [-0.2, 0) is 14.4 Å². The van der Waals surface area contributed by atoms with Crippen LogP contribution in [0.4, 0.5) is 0 Å². The molecule has 6 heteroatoms. The monoisotopic (exact) mass is 371 g/mol. The largest absolute Gasteiger partial charge is 0.341 e. The van der Waals surface area contributed by atoms with Crippen molar-refractivity contribution in [3.05, 3.63) is 35.4 Å². The van der Waals surface area contributed by atoms with Gasteiger partial charge in [0.25, 0.3) is 0 Å². The summed E-state index contributed by atoms with van der Waals surface area (Å²) >= 11 is 0. The standard InChI is InChI=1S/C21H29N3O3/c1-4-24-19(26)14-18(20(24)17-9-6-5-8-15(17)2)21(27)23-11-7-10-22(12-13-23)16(3)25/h5-6,8-9,18,20H,4,7,10-14H2,1-3H3/t18-,20+/m1/s1. The third kappa shape index (κ3) is 3.84. The molecular weight excluding hydrogens is 342 g/mol. The van der Waals surface area contributed by atoms with E-state index in [1.807, 2.05) is 47.9 Å². The first-order chi connectivity index (χ1) is 12.9. The van der Waals surface area contributed by atoms with Gasteiger partial charge in [-0.15, -0.1) is 0 Å². The van der Waals surface area contributed by atoms with E-state index in [1.54, 1.807) is 11.8 Å². The van der Waals surface area contributed by atoms with E-state index in [0.717, 1.165) is 17.5 Å². The number of amides is 3. The van der Waals surface area contributed by atoms with Crippen LogP contribution in [0.25, 0.3) is 0 Å². The summed E-state index contributed by atoms with van der Waals surface area (Å²) in [5, 5.41) is 0. The third-order valence-corrected chi connectivity index (χ3v) is 5.85. The Morgan fingerprint density at radius 1 is 1.07 bits per heavy atom. The predicted molar refractivity (Wildman–Crippen MR) is 103 cm³/mol. The Bertz CT molecular complexity index is 733. The van der Waals surface area contributed by atoms with Gasteiger partial charge < -0.3 is 14.7 Å². The summed E-state index contributed by atoms with van der Waals surface area (Å²) in [5.74, 6) is -0.222. The fourth-order valence-corrected chi connectivity index (χ4v) is 4.38. The Labute approximate surface area is 161 Å². The Hall–Kier alpha value is -2.37. The molecule has 0 aliphatic carbocycles. The van der Waals surface area contributed by atoms with Crippen molar-refractivity contribution in [2.24, 2.45) is 5.92 Å². The SMILES string of the molecule is CCN1C(=O)C[C@@H](C(=O)N2CCCN(C(C)=O)CC2)[C@@H]1c1ccccc1C. The number of likely N-dealkylation sites (tertiary alicyclic amines) is 1. The molecule has 0 saturated carbocycles. The highest BCUT2D eigenvalue weighted by atomic mass is 16.2. The van der Waals surface area contributed by atoms with Crippen LogP contribution >= 0.6 is 0 Å². The second-order valence-corrected chi connectivity index (χ2v) is 7.48. The summed E-state index contributed by atoms with van der Waals surface area (Å²) in [7, 11) is 0. The first-order valence-electron chi connectivity index (χ1n) is 9.83. The Morgan fingerprint density at radius 2 is 1.74 bits per heavy atom. The van der Waals surface area contributed by atoms with E-state index in [1.165, 1.54) is 0 Å². The maximum absolute atomic E-state index is 13.4. The molecule has 0 unspecified atom stereocenters. The molecule has 0 N–H and O–H groups in total. The lowest BCUT2D eigenvalue weighted by Gasteiger charge is -2.31. The van der Waals surface area contributed by atoms with Crippen molar-refractivity contribution in [1.29, 1.82) is 0 Å². The molecule has 2 heterocycles. The van der Waals surface area contributed by atoms with Crippen LogP contribution in [0.2, 0.25) is 0 Å². The van der Waals surface area contributed by atoms with Crippen LogP contribution in [0.3, 0.4) is 0 Å². The lowest BCUT2D eigenvalue weighted by atomic mass is 9.89. The normalized spacial score (nSPS) is 23.5. The van der Waals surface area contributed by atoms with E-state index in [2.05, 4.69) is 0 Å². The molecule has 146 valence electrons. The fourth-order valence-electron chi connectivity index (χ4n) is 4.38. The second-order valence-electron chi connectivity index (χ2n) is 7.48. The molecule has 1 aromatic carbocycles. The molecule has 6 nitrogen and oxygen atoms in total. The Morgan fingerprint density at radius 3 is 2.41 bits per heavy atom.